The smallest absolute Gasteiger partial charge is 0.228 e. The van der Waals surface area contributed by atoms with E-state index in [1.54, 1.807) is 6.07 Å². The number of nitrogens with two attached hydrogens (primary N) is 1. The predicted octanol–water partition coefficient (Wildman–Crippen LogP) is 3.04. The Morgan fingerprint density at radius 3 is 2.67 bits per heavy atom. The van der Waals surface area contributed by atoms with Crippen LogP contribution < -0.4 is 5.73 Å². The number of carbonyl (C=O) groups excluding carboxylic acids is 1. The van der Waals surface area contributed by atoms with Crippen molar-refractivity contribution < 1.29 is 18.0 Å². The molecule has 2 aromatic heterocycles. The minimum atomic E-state index is -1.81. The lowest BCUT2D eigenvalue weighted by Gasteiger charge is -2.20. The molecule has 3 heterocycles. The third-order valence-electron chi connectivity index (χ3n) is 5.07. The molecule has 0 bridgehead atoms. The Balaban J connectivity index is 1.52. The fraction of sp³-hybridized carbons (Fsp3) is 0.238. The van der Waals surface area contributed by atoms with E-state index in [1.807, 2.05) is 0 Å². The van der Waals surface area contributed by atoms with Crippen LogP contribution in [0.2, 0.25) is 0 Å². The third-order valence-corrected chi connectivity index (χ3v) is 5.07. The molecule has 1 atom stereocenters. The topological polar surface area (TPSA) is 85.0 Å². The summed E-state index contributed by atoms with van der Waals surface area (Å²) in [5, 5.41) is 0. The number of anilines is 1. The molecule has 4 rings (SSSR count). The number of alkyl halides is 1. The van der Waals surface area contributed by atoms with E-state index in [0.717, 1.165) is 12.1 Å². The maximum absolute atomic E-state index is 15.2. The Morgan fingerprint density at radius 1 is 1.17 bits per heavy atom. The highest BCUT2D eigenvalue weighted by atomic mass is 19.1. The summed E-state index contributed by atoms with van der Waals surface area (Å²) in [4.78, 5) is 26.3. The molecule has 1 aliphatic heterocycles. The number of pyridine rings is 1. The van der Waals surface area contributed by atoms with Crippen molar-refractivity contribution >= 4 is 11.6 Å². The van der Waals surface area contributed by atoms with Gasteiger partial charge in [0.15, 0.2) is 11.5 Å². The normalized spacial score (nSPS) is 18.6. The van der Waals surface area contributed by atoms with E-state index in [-0.39, 0.29) is 60.3 Å². The molecular formula is C21H18F3N5O. The Labute approximate surface area is 170 Å². The lowest BCUT2D eigenvalue weighted by molar-refractivity contribution is -0.130. The number of halogens is 3. The monoisotopic (exact) mass is 413 g/mol. The molecule has 2 N–H and O–H groups in total. The van der Waals surface area contributed by atoms with Crippen molar-refractivity contribution in [2.75, 3.05) is 18.8 Å². The van der Waals surface area contributed by atoms with Gasteiger partial charge >= 0.3 is 0 Å². The number of hydrogen-bond donors (Lipinski definition) is 1. The van der Waals surface area contributed by atoms with Gasteiger partial charge in [-0.1, -0.05) is 0 Å². The maximum atomic E-state index is 15.2. The Bertz CT molecular complexity index is 1100. The van der Waals surface area contributed by atoms with E-state index in [1.165, 1.54) is 35.5 Å². The molecule has 0 spiro atoms. The maximum Gasteiger partial charge on any atom is 0.228 e. The van der Waals surface area contributed by atoms with Gasteiger partial charge < -0.3 is 10.6 Å². The zero-order chi connectivity index (χ0) is 21.3. The summed E-state index contributed by atoms with van der Waals surface area (Å²) in [5.74, 6) is -1.78. The standard InChI is InChI=1S/C21H18F3N5O/c22-13-2-3-14(15(23)10-13)17-5-4-16(25)18(28-17)11-19(30)29-9-6-21(24,12-29)20-26-7-1-8-27-20/h1-5,7-8,10H,6,9,11-12,25H2. The van der Waals surface area contributed by atoms with Crippen molar-refractivity contribution in [1.29, 1.82) is 0 Å². The highest BCUT2D eigenvalue weighted by Gasteiger charge is 2.44. The van der Waals surface area contributed by atoms with E-state index in [2.05, 4.69) is 15.0 Å². The lowest BCUT2D eigenvalue weighted by atomic mass is 10.1. The molecule has 6 nitrogen and oxygen atoms in total. The Kier molecular flexibility index (Phi) is 5.11. The molecule has 0 aliphatic carbocycles. The molecule has 1 aromatic carbocycles. The van der Waals surface area contributed by atoms with Gasteiger partial charge in [0.25, 0.3) is 0 Å². The highest BCUT2D eigenvalue weighted by molar-refractivity contribution is 5.80. The zero-order valence-corrected chi connectivity index (χ0v) is 15.9. The molecule has 1 amide bonds. The van der Waals surface area contributed by atoms with Crippen LogP contribution in [0.15, 0.2) is 48.8 Å². The molecule has 154 valence electrons. The number of benzene rings is 1. The molecule has 0 saturated carbocycles. The third kappa shape index (κ3) is 3.83. The van der Waals surface area contributed by atoms with Crippen LogP contribution in [0.25, 0.3) is 11.3 Å². The number of carbonyl (C=O) groups is 1. The molecule has 1 aliphatic rings. The number of aromatic nitrogens is 3. The summed E-state index contributed by atoms with van der Waals surface area (Å²) >= 11 is 0. The van der Waals surface area contributed by atoms with Gasteiger partial charge in [0, 0.05) is 37.0 Å². The summed E-state index contributed by atoms with van der Waals surface area (Å²) in [6.45, 7) is 0.0435. The number of nitrogen functional groups attached to an aromatic ring is 1. The fourth-order valence-corrected chi connectivity index (χ4v) is 3.45. The molecule has 30 heavy (non-hydrogen) atoms. The van der Waals surface area contributed by atoms with E-state index in [9.17, 15) is 13.6 Å². The molecule has 1 saturated heterocycles. The second-order valence-electron chi connectivity index (χ2n) is 7.14. The van der Waals surface area contributed by atoms with Crippen LogP contribution in [-0.2, 0) is 16.9 Å². The van der Waals surface area contributed by atoms with Crippen LogP contribution in [0.4, 0.5) is 18.9 Å². The van der Waals surface area contributed by atoms with Crippen LogP contribution >= 0.6 is 0 Å². The second-order valence-corrected chi connectivity index (χ2v) is 7.14. The van der Waals surface area contributed by atoms with E-state index >= 15 is 4.39 Å². The van der Waals surface area contributed by atoms with Gasteiger partial charge in [0.2, 0.25) is 5.91 Å². The van der Waals surface area contributed by atoms with Gasteiger partial charge in [-0.05, 0) is 30.3 Å². The van der Waals surface area contributed by atoms with Crippen LogP contribution in [0.5, 0.6) is 0 Å². The van der Waals surface area contributed by atoms with Crippen molar-refractivity contribution in [2.24, 2.45) is 0 Å². The van der Waals surface area contributed by atoms with Crippen LogP contribution in [0, 0.1) is 11.6 Å². The molecule has 3 aromatic rings. The first-order valence-corrected chi connectivity index (χ1v) is 9.31. The molecule has 1 unspecified atom stereocenters. The molecule has 1 fully saturated rings. The number of nitrogens with zero attached hydrogens (tertiary/aromatic N) is 4. The number of rotatable bonds is 4. The summed E-state index contributed by atoms with van der Waals surface area (Å²) < 4.78 is 42.5. The van der Waals surface area contributed by atoms with Gasteiger partial charge in [-0.2, -0.15) is 0 Å². The highest BCUT2D eigenvalue weighted by Crippen LogP contribution is 2.34. The van der Waals surface area contributed by atoms with Gasteiger partial charge in [0.05, 0.1) is 30.0 Å². The summed E-state index contributed by atoms with van der Waals surface area (Å²) in [7, 11) is 0. The van der Waals surface area contributed by atoms with Gasteiger partial charge in [0.1, 0.15) is 11.6 Å². The van der Waals surface area contributed by atoms with Crippen molar-refractivity contribution in [1.82, 2.24) is 19.9 Å². The quantitative estimate of drug-likeness (QED) is 0.711. The first kappa shape index (κ1) is 19.8. The zero-order valence-electron chi connectivity index (χ0n) is 15.9. The van der Waals surface area contributed by atoms with Gasteiger partial charge in [-0.25, -0.2) is 23.1 Å². The van der Waals surface area contributed by atoms with Crippen LogP contribution in [-0.4, -0.2) is 38.8 Å². The van der Waals surface area contributed by atoms with Crippen LogP contribution in [0.3, 0.4) is 0 Å². The first-order valence-electron chi connectivity index (χ1n) is 9.31. The van der Waals surface area contributed by atoms with Crippen molar-refractivity contribution in [2.45, 2.75) is 18.5 Å². The Hall–Kier alpha value is -3.49. The van der Waals surface area contributed by atoms with Crippen molar-refractivity contribution in [3.63, 3.8) is 0 Å². The average Bonchev–Trinajstić information content (AvgIpc) is 3.14. The largest absolute Gasteiger partial charge is 0.397 e. The van der Waals surface area contributed by atoms with E-state index < -0.39 is 17.3 Å². The van der Waals surface area contributed by atoms with Gasteiger partial charge in [-0.3, -0.25) is 9.78 Å². The van der Waals surface area contributed by atoms with Gasteiger partial charge in [-0.15, -0.1) is 0 Å². The summed E-state index contributed by atoms with van der Waals surface area (Å²) in [6, 6.07) is 7.75. The molecular weight excluding hydrogens is 395 g/mol. The minimum Gasteiger partial charge on any atom is -0.397 e. The van der Waals surface area contributed by atoms with Crippen molar-refractivity contribution in [3.8, 4) is 11.3 Å². The first-order chi connectivity index (χ1) is 14.4. The minimum absolute atomic E-state index is 0.0479. The lowest BCUT2D eigenvalue weighted by Crippen LogP contribution is -2.34. The number of amides is 1. The summed E-state index contributed by atoms with van der Waals surface area (Å²) in [6.07, 6.45) is 2.83. The van der Waals surface area contributed by atoms with E-state index in [4.69, 9.17) is 5.73 Å². The summed E-state index contributed by atoms with van der Waals surface area (Å²) in [5.41, 5.74) is 4.95. The molecule has 9 heteroatoms. The number of likely N-dealkylation sites (tertiary alicyclic amines) is 1. The van der Waals surface area contributed by atoms with Crippen molar-refractivity contribution in [3.05, 3.63) is 71.9 Å². The van der Waals surface area contributed by atoms with Crippen LogP contribution in [0.1, 0.15) is 17.9 Å². The average molecular weight is 413 g/mol. The SMILES string of the molecule is Nc1ccc(-c2ccc(F)cc2F)nc1CC(=O)N1CCC(F)(c2ncccn2)C1. The predicted molar refractivity (Wildman–Crippen MR) is 104 cm³/mol. The fourth-order valence-electron chi connectivity index (χ4n) is 3.45. The van der Waals surface area contributed by atoms with E-state index in [0.29, 0.717) is 0 Å². The molecule has 0 radical (unpaired) electrons. The second kappa shape index (κ2) is 7.74. The number of hydrogen-bond acceptors (Lipinski definition) is 5. The Morgan fingerprint density at radius 2 is 1.93 bits per heavy atom.